The van der Waals surface area contributed by atoms with Gasteiger partial charge in [-0.05, 0) is 18.9 Å². The Balaban J connectivity index is 2.08. The summed E-state index contributed by atoms with van der Waals surface area (Å²) in [5, 5.41) is 0. The van der Waals surface area contributed by atoms with E-state index >= 15 is 0 Å². The number of nitrogens with zero attached hydrogens (tertiary/aromatic N) is 1. The number of carbonyl (C=O) groups excluding carboxylic acids is 1. The Bertz CT molecular complexity index is 429. The largest absolute Gasteiger partial charge is 0.381 e. The molecule has 1 aliphatic heterocycles. The molecule has 5 nitrogen and oxygen atoms in total. The molecule has 92 valence electrons. The van der Waals surface area contributed by atoms with Gasteiger partial charge in [-0.25, -0.2) is 0 Å². The molecule has 0 unspecified atom stereocenters. The molecule has 1 aromatic rings. The summed E-state index contributed by atoms with van der Waals surface area (Å²) in [6.45, 7) is 1.40. The fourth-order valence-electron chi connectivity index (χ4n) is 1.99. The van der Waals surface area contributed by atoms with E-state index in [9.17, 15) is 9.59 Å². The lowest BCUT2D eigenvalue weighted by Crippen LogP contribution is -2.40. The van der Waals surface area contributed by atoms with Gasteiger partial charge in [0.25, 0.3) is 5.91 Å². The van der Waals surface area contributed by atoms with Gasteiger partial charge in [-0.2, -0.15) is 0 Å². The van der Waals surface area contributed by atoms with Crippen LogP contribution in [0.25, 0.3) is 0 Å². The Labute approximate surface area is 99.4 Å². The third-order valence-corrected chi connectivity index (χ3v) is 3.09. The minimum absolute atomic E-state index is 0.0619. The van der Waals surface area contributed by atoms with Gasteiger partial charge in [-0.1, -0.05) is 0 Å². The number of amides is 1. The molecular formula is C12H16N2O3. The third kappa shape index (κ3) is 2.74. The van der Waals surface area contributed by atoms with Crippen LogP contribution in [0.5, 0.6) is 0 Å². The van der Waals surface area contributed by atoms with E-state index in [1.54, 1.807) is 18.0 Å². The predicted molar refractivity (Wildman–Crippen MR) is 63.0 cm³/mol. The highest BCUT2D eigenvalue weighted by Gasteiger charge is 2.23. The van der Waals surface area contributed by atoms with Crippen molar-refractivity contribution < 1.29 is 9.53 Å². The van der Waals surface area contributed by atoms with Gasteiger partial charge >= 0.3 is 0 Å². The normalized spacial score (nSPS) is 16.8. The zero-order valence-electron chi connectivity index (χ0n) is 9.81. The van der Waals surface area contributed by atoms with Crippen LogP contribution in [0.15, 0.2) is 23.1 Å². The van der Waals surface area contributed by atoms with Crippen molar-refractivity contribution >= 4 is 5.91 Å². The van der Waals surface area contributed by atoms with Crippen LogP contribution in [-0.4, -0.2) is 42.1 Å². The molecule has 0 radical (unpaired) electrons. The molecule has 1 saturated heterocycles. The molecule has 1 fully saturated rings. The number of ether oxygens (including phenoxy) is 1. The quantitative estimate of drug-likeness (QED) is 0.819. The highest BCUT2D eigenvalue weighted by atomic mass is 16.5. The Morgan fingerprint density at radius 3 is 2.71 bits per heavy atom. The highest BCUT2D eigenvalue weighted by Crippen LogP contribution is 2.14. The van der Waals surface area contributed by atoms with Crippen molar-refractivity contribution in [3.63, 3.8) is 0 Å². The van der Waals surface area contributed by atoms with Crippen molar-refractivity contribution in [3.8, 4) is 0 Å². The molecule has 0 bridgehead atoms. The summed E-state index contributed by atoms with van der Waals surface area (Å²) in [6.07, 6.45) is 3.19. The molecule has 2 heterocycles. The van der Waals surface area contributed by atoms with Crippen LogP contribution < -0.4 is 5.56 Å². The maximum absolute atomic E-state index is 12.1. The van der Waals surface area contributed by atoms with E-state index in [1.165, 1.54) is 12.3 Å². The molecule has 1 aromatic heterocycles. The molecule has 0 aromatic carbocycles. The molecule has 0 spiro atoms. The summed E-state index contributed by atoms with van der Waals surface area (Å²) in [4.78, 5) is 27.3. The first kappa shape index (κ1) is 11.9. The van der Waals surface area contributed by atoms with Gasteiger partial charge in [-0.15, -0.1) is 0 Å². The van der Waals surface area contributed by atoms with Crippen LogP contribution in [0.1, 0.15) is 23.2 Å². The Hall–Kier alpha value is -1.62. The zero-order chi connectivity index (χ0) is 12.3. The van der Waals surface area contributed by atoms with E-state index in [0.29, 0.717) is 18.8 Å². The van der Waals surface area contributed by atoms with Crippen LogP contribution in [0, 0.1) is 0 Å². The molecule has 17 heavy (non-hydrogen) atoms. The second-order valence-corrected chi connectivity index (χ2v) is 4.20. The number of rotatable bonds is 2. The minimum Gasteiger partial charge on any atom is -0.381 e. The molecule has 2 rings (SSSR count). The van der Waals surface area contributed by atoms with Crippen LogP contribution in [0.2, 0.25) is 0 Å². The van der Waals surface area contributed by atoms with E-state index < -0.39 is 0 Å². The van der Waals surface area contributed by atoms with Crippen molar-refractivity contribution in [1.82, 2.24) is 9.88 Å². The number of aromatic amines is 1. The van der Waals surface area contributed by atoms with Crippen molar-refractivity contribution in [2.75, 3.05) is 20.3 Å². The summed E-state index contributed by atoms with van der Waals surface area (Å²) in [6, 6.07) is 3.14. The number of nitrogens with one attached hydrogen (secondary N) is 1. The summed E-state index contributed by atoms with van der Waals surface area (Å²) < 4.78 is 5.27. The van der Waals surface area contributed by atoms with Crippen LogP contribution in [0.3, 0.4) is 0 Å². The predicted octanol–water partition coefficient (Wildman–Crippen LogP) is 0.626. The van der Waals surface area contributed by atoms with E-state index in [1.807, 2.05) is 0 Å². The zero-order valence-corrected chi connectivity index (χ0v) is 9.81. The van der Waals surface area contributed by atoms with Crippen LogP contribution in [0.4, 0.5) is 0 Å². The number of carbonyl (C=O) groups is 1. The van der Waals surface area contributed by atoms with Gasteiger partial charge in [0, 0.05) is 38.6 Å². The fourth-order valence-corrected chi connectivity index (χ4v) is 1.99. The number of aromatic nitrogens is 1. The number of hydrogen-bond donors (Lipinski definition) is 1. The fraction of sp³-hybridized carbons (Fsp3) is 0.500. The van der Waals surface area contributed by atoms with Gasteiger partial charge < -0.3 is 14.6 Å². The Kier molecular flexibility index (Phi) is 3.58. The van der Waals surface area contributed by atoms with Crippen molar-refractivity contribution in [1.29, 1.82) is 0 Å². The lowest BCUT2D eigenvalue weighted by atomic mass is 10.1. The molecule has 0 atom stereocenters. The molecule has 0 aliphatic carbocycles. The minimum atomic E-state index is -0.199. The van der Waals surface area contributed by atoms with Crippen LogP contribution in [-0.2, 0) is 4.74 Å². The van der Waals surface area contributed by atoms with Gasteiger partial charge in [0.05, 0.1) is 5.56 Å². The summed E-state index contributed by atoms with van der Waals surface area (Å²) >= 11 is 0. The van der Waals surface area contributed by atoms with Crippen molar-refractivity contribution in [2.24, 2.45) is 0 Å². The van der Waals surface area contributed by atoms with E-state index in [0.717, 1.165) is 12.8 Å². The second-order valence-electron chi connectivity index (χ2n) is 4.20. The first-order valence-corrected chi connectivity index (χ1v) is 5.72. The number of H-pyrrole nitrogens is 1. The molecule has 1 aliphatic rings. The Morgan fingerprint density at radius 2 is 2.12 bits per heavy atom. The number of hydrogen-bond acceptors (Lipinski definition) is 3. The molecule has 1 amide bonds. The summed E-state index contributed by atoms with van der Waals surface area (Å²) in [5.74, 6) is -0.0619. The van der Waals surface area contributed by atoms with E-state index in [-0.39, 0.29) is 17.5 Å². The average molecular weight is 236 g/mol. The summed E-state index contributed by atoms with van der Waals surface area (Å²) in [7, 11) is 1.80. The monoisotopic (exact) mass is 236 g/mol. The van der Waals surface area contributed by atoms with Gasteiger partial charge in [0.2, 0.25) is 5.56 Å². The van der Waals surface area contributed by atoms with Crippen molar-refractivity contribution in [3.05, 3.63) is 34.2 Å². The number of pyridine rings is 1. The Morgan fingerprint density at radius 1 is 1.41 bits per heavy atom. The van der Waals surface area contributed by atoms with Crippen LogP contribution >= 0.6 is 0 Å². The maximum Gasteiger partial charge on any atom is 0.255 e. The maximum atomic E-state index is 12.1. The smallest absolute Gasteiger partial charge is 0.255 e. The lowest BCUT2D eigenvalue weighted by molar-refractivity contribution is 0.0362. The summed E-state index contributed by atoms with van der Waals surface area (Å²) in [5.41, 5.74) is 0.314. The highest BCUT2D eigenvalue weighted by molar-refractivity contribution is 5.93. The third-order valence-electron chi connectivity index (χ3n) is 3.09. The van der Waals surface area contributed by atoms with Crippen molar-refractivity contribution in [2.45, 2.75) is 18.9 Å². The molecular weight excluding hydrogens is 220 g/mol. The SMILES string of the molecule is CN(C(=O)c1ccc(=O)[nH]c1)C1CCOCC1. The van der Waals surface area contributed by atoms with E-state index in [2.05, 4.69) is 4.98 Å². The van der Waals surface area contributed by atoms with Gasteiger partial charge in [0.15, 0.2) is 0 Å². The molecule has 0 saturated carbocycles. The topological polar surface area (TPSA) is 62.4 Å². The lowest BCUT2D eigenvalue weighted by Gasteiger charge is -2.31. The average Bonchev–Trinajstić information content (AvgIpc) is 2.39. The second kappa shape index (κ2) is 5.14. The standard InChI is InChI=1S/C12H16N2O3/c1-14(10-4-6-17-7-5-10)12(16)9-2-3-11(15)13-8-9/h2-3,8,10H,4-7H2,1H3,(H,13,15). The molecule has 5 heteroatoms. The first-order valence-electron chi connectivity index (χ1n) is 5.72. The molecule has 1 N–H and O–H groups in total. The first-order chi connectivity index (χ1) is 8.18. The van der Waals surface area contributed by atoms with Gasteiger partial charge in [-0.3, -0.25) is 9.59 Å². The van der Waals surface area contributed by atoms with E-state index in [4.69, 9.17) is 4.74 Å². The van der Waals surface area contributed by atoms with Gasteiger partial charge in [0.1, 0.15) is 0 Å².